The number of carbonyl (C=O) groups is 4. The molecule has 1 heterocycles. The van der Waals surface area contributed by atoms with Crippen molar-refractivity contribution in [2.24, 2.45) is 0 Å². The number of carbonyl (C=O) groups excluding carboxylic acids is 4. The van der Waals surface area contributed by atoms with Gasteiger partial charge in [0.1, 0.15) is 12.7 Å². The Hall–Kier alpha value is -3.14. The first kappa shape index (κ1) is 24.1. The molecule has 0 spiro atoms. The second kappa shape index (κ2) is 10.8. The fourth-order valence-electron chi connectivity index (χ4n) is 3.16. The summed E-state index contributed by atoms with van der Waals surface area (Å²) < 4.78 is 27.1. The molecule has 170 valence electrons. The Balaban J connectivity index is 2.43. The van der Waals surface area contributed by atoms with Crippen molar-refractivity contribution >= 4 is 29.6 Å². The minimum atomic E-state index is -1.21. The van der Waals surface area contributed by atoms with Gasteiger partial charge in [-0.3, -0.25) is 19.2 Å². The SMILES string of the molecule is CC(=O)OC[C@@H]1O[C@H](Nc2ccc(C)cc2)[C@H](OC(C)=O)[C@H](OC(C)=O)[C@@H]1OC(C)=O. The van der Waals surface area contributed by atoms with Crippen molar-refractivity contribution in [2.45, 2.75) is 65.3 Å². The number of ether oxygens (including phenoxy) is 5. The molecule has 0 aliphatic carbocycles. The summed E-state index contributed by atoms with van der Waals surface area (Å²) in [6.45, 7) is 6.41. The smallest absolute Gasteiger partial charge is 0.303 e. The predicted molar refractivity (Wildman–Crippen MR) is 107 cm³/mol. The topological polar surface area (TPSA) is 126 Å². The van der Waals surface area contributed by atoms with Gasteiger partial charge < -0.3 is 29.0 Å². The van der Waals surface area contributed by atoms with Crippen molar-refractivity contribution in [2.75, 3.05) is 11.9 Å². The third-order valence-corrected chi connectivity index (χ3v) is 4.35. The number of aryl methyl sites for hydroxylation is 1. The van der Waals surface area contributed by atoms with E-state index in [2.05, 4.69) is 5.32 Å². The van der Waals surface area contributed by atoms with E-state index in [1.54, 1.807) is 12.1 Å². The summed E-state index contributed by atoms with van der Waals surface area (Å²) in [7, 11) is 0. The summed E-state index contributed by atoms with van der Waals surface area (Å²) >= 11 is 0. The number of rotatable bonds is 7. The van der Waals surface area contributed by atoms with Crippen LogP contribution in [-0.2, 0) is 42.9 Å². The average Bonchev–Trinajstić information content (AvgIpc) is 2.65. The molecule has 1 N–H and O–H groups in total. The maximum Gasteiger partial charge on any atom is 0.303 e. The number of hydrogen-bond acceptors (Lipinski definition) is 10. The van der Waals surface area contributed by atoms with Gasteiger partial charge in [-0.05, 0) is 19.1 Å². The molecule has 0 bridgehead atoms. The van der Waals surface area contributed by atoms with Gasteiger partial charge in [0.15, 0.2) is 24.5 Å². The molecule has 0 radical (unpaired) electrons. The highest BCUT2D eigenvalue weighted by atomic mass is 16.7. The van der Waals surface area contributed by atoms with Crippen LogP contribution < -0.4 is 5.32 Å². The van der Waals surface area contributed by atoms with Crippen molar-refractivity contribution < 1.29 is 42.9 Å². The molecule has 10 nitrogen and oxygen atoms in total. The zero-order valence-corrected chi connectivity index (χ0v) is 18.1. The highest BCUT2D eigenvalue weighted by Gasteiger charge is 2.52. The average molecular weight is 437 g/mol. The minimum Gasteiger partial charge on any atom is -0.463 e. The van der Waals surface area contributed by atoms with E-state index in [1.165, 1.54) is 27.7 Å². The van der Waals surface area contributed by atoms with E-state index < -0.39 is 54.5 Å². The Morgan fingerprint density at radius 3 is 1.84 bits per heavy atom. The number of anilines is 1. The third kappa shape index (κ3) is 7.25. The van der Waals surface area contributed by atoms with E-state index in [0.717, 1.165) is 5.56 Å². The van der Waals surface area contributed by atoms with Gasteiger partial charge in [0.05, 0.1) is 0 Å². The van der Waals surface area contributed by atoms with Crippen LogP contribution in [0.1, 0.15) is 33.3 Å². The number of hydrogen-bond donors (Lipinski definition) is 1. The molecule has 0 unspecified atom stereocenters. The standard InChI is InChI=1S/C21H27NO9/c1-11-6-8-16(9-7-11)22-21-20(30-15(5)26)19(29-14(4)25)18(28-13(3)24)17(31-21)10-27-12(2)23/h6-9,17-22H,10H2,1-5H3/t17-,18+,19+,20+,21-/m0/s1. The molecule has 1 aromatic rings. The van der Waals surface area contributed by atoms with Crippen molar-refractivity contribution in [1.82, 2.24) is 0 Å². The minimum absolute atomic E-state index is 0.274. The molecule has 1 aromatic carbocycles. The van der Waals surface area contributed by atoms with Crippen LogP contribution in [0, 0.1) is 6.92 Å². The first-order valence-electron chi connectivity index (χ1n) is 9.70. The lowest BCUT2D eigenvalue weighted by atomic mass is 9.97. The van der Waals surface area contributed by atoms with Crippen LogP contribution in [0.3, 0.4) is 0 Å². The number of nitrogens with one attached hydrogen (secondary N) is 1. The number of esters is 4. The molecule has 5 atom stereocenters. The van der Waals surface area contributed by atoms with Crippen LogP contribution in [0.5, 0.6) is 0 Å². The van der Waals surface area contributed by atoms with Crippen LogP contribution in [0.15, 0.2) is 24.3 Å². The van der Waals surface area contributed by atoms with Gasteiger partial charge in [0.25, 0.3) is 0 Å². The van der Waals surface area contributed by atoms with E-state index in [1.807, 2.05) is 19.1 Å². The van der Waals surface area contributed by atoms with Crippen molar-refractivity contribution in [3.8, 4) is 0 Å². The number of benzene rings is 1. The Morgan fingerprint density at radius 2 is 1.32 bits per heavy atom. The molecule has 31 heavy (non-hydrogen) atoms. The predicted octanol–water partition coefficient (Wildman–Crippen LogP) is 1.49. The highest BCUT2D eigenvalue weighted by Crippen LogP contribution is 2.30. The van der Waals surface area contributed by atoms with Gasteiger partial charge in [0.2, 0.25) is 0 Å². The Labute approximate surface area is 180 Å². The fourth-order valence-corrected chi connectivity index (χ4v) is 3.16. The molecule has 10 heteroatoms. The molecule has 2 rings (SSSR count). The normalized spacial score (nSPS) is 25.1. The van der Waals surface area contributed by atoms with Gasteiger partial charge >= 0.3 is 23.9 Å². The van der Waals surface area contributed by atoms with Gasteiger partial charge in [0, 0.05) is 33.4 Å². The summed E-state index contributed by atoms with van der Waals surface area (Å²) in [6, 6.07) is 7.33. The van der Waals surface area contributed by atoms with Gasteiger partial charge in [-0.15, -0.1) is 0 Å². The molecular formula is C21H27NO9. The third-order valence-electron chi connectivity index (χ3n) is 4.35. The summed E-state index contributed by atoms with van der Waals surface area (Å²) in [5.74, 6) is -2.58. The molecule has 0 amide bonds. The van der Waals surface area contributed by atoms with Crippen LogP contribution in [0.2, 0.25) is 0 Å². The Morgan fingerprint density at radius 1 is 0.806 bits per heavy atom. The fraction of sp³-hybridized carbons (Fsp3) is 0.524. The quantitative estimate of drug-likeness (QED) is 0.495. The van der Waals surface area contributed by atoms with Crippen molar-refractivity contribution in [1.29, 1.82) is 0 Å². The van der Waals surface area contributed by atoms with Crippen molar-refractivity contribution in [3.05, 3.63) is 29.8 Å². The lowest BCUT2D eigenvalue weighted by molar-refractivity contribution is -0.247. The van der Waals surface area contributed by atoms with Crippen molar-refractivity contribution in [3.63, 3.8) is 0 Å². The molecule has 1 aliphatic rings. The van der Waals surface area contributed by atoms with Crippen LogP contribution in [-0.4, -0.2) is 61.1 Å². The summed E-state index contributed by atoms with van der Waals surface area (Å²) in [6.07, 6.45) is -5.53. The first-order chi connectivity index (χ1) is 14.6. The van der Waals surface area contributed by atoms with E-state index in [4.69, 9.17) is 23.7 Å². The highest BCUT2D eigenvalue weighted by molar-refractivity contribution is 5.69. The van der Waals surface area contributed by atoms with Gasteiger partial charge in [-0.2, -0.15) is 0 Å². The van der Waals surface area contributed by atoms with E-state index in [-0.39, 0.29) is 6.61 Å². The Kier molecular flexibility index (Phi) is 8.38. The molecule has 1 aliphatic heterocycles. The van der Waals surface area contributed by atoms with Crippen LogP contribution in [0.25, 0.3) is 0 Å². The van der Waals surface area contributed by atoms with Gasteiger partial charge in [-0.25, -0.2) is 0 Å². The Bertz CT molecular complexity index is 808. The molecule has 0 aromatic heterocycles. The molecular weight excluding hydrogens is 410 g/mol. The van der Waals surface area contributed by atoms with Gasteiger partial charge in [-0.1, -0.05) is 17.7 Å². The second-order valence-corrected chi connectivity index (χ2v) is 7.13. The maximum atomic E-state index is 11.8. The first-order valence-corrected chi connectivity index (χ1v) is 9.70. The van der Waals surface area contributed by atoms with E-state index in [9.17, 15) is 19.2 Å². The molecule has 1 saturated heterocycles. The molecule has 0 saturated carbocycles. The summed E-state index contributed by atoms with van der Waals surface area (Å²) in [5.41, 5.74) is 1.68. The van der Waals surface area contributed by atoms with Crippen LogP contribution >= 0.6 is 0 Å². The maximum absolute atomic E-state index is 11.8. The monoisotopic (exact) mass is 437 g/mol. The summed E-state index contributed by atoms with van der Waals surface area (Å²) in [4.78, 5) is 46.6. The molecule has 1 fully saturated rings. The van der Waals surface area contributed by atoms with E-state index >= 15 is 0 Å². The van der Waals surface area contributed by atoms with Crippen LogP contribution in [0.4, 0.5) is 5.69 Å². The zero-order chi connectivity index (χ0) is 23.1. The second-order valence-electron chi connectivity index (χ2n) is 7.13. The summed E-state index contributed by atoms with van der Waals surface area (Å²) in [5, 5.41) is 3.09. The lowest BCUT2D eigenvalue weighted by Crippen LogP contribution is -2.64. The lowest BCUT2D eigenvalue weighted by Gasteiger charge is -2.44. The largest absolute Gasteiger partial charge is 0.463 e. The zero-order valence-electron chi connectivity index (χ0n) is 18.1. The van der Waals surface area contributed by atoms with E-state index in [0.29, 0.717) is 5.69 Å².